The van der Waals surface area contributed by atoms with Crippen molar-refractivity contribution in [3.63, 3.8) is 0 Å². The van der Waals surface area contributed by atoms with Gasteiger partial charge in [-0.25, -0.2) is 0 Å². The molecule has 0 aromatic carbocycles. The normalized spacial score (nSPS) is 17.5. The summed E-state index contributed by atoms with van der Waals surface area (Å²) >= 11 is 0. The smallest absolute Gasteiger partial charge is 0.240 e. The van der Waals surface area contributed by atoms with Gasteiger partial charge < -0.3 is 9.84 Å². The minimum absolute atomic E-state index is 0.752. The molecule has 1 aliphatic heterocycles. The molecule has 0 saturated carbocycles. The van der Waals surface area contributed by atoms with Crippen LogP contribution in [0.3, 0.4) is 0 Å². The van der Waals surface area contributed by atoms with Crippen LogP contribution in [0.4, 0.5) is 0 Å². The van der Waals surface area contributed by atoms with E-state index in [1.54, 1.807) is 0 Å². The first-order chi connectivity index (χ1) is 8.81. The average molecular weight is 252 g/mol. The second-order valence-corrected chi connectivity index (χ2v) is 4.98. The first kappa shape index (κ1) is 13.5. The molecular weight excluding hydrogens is 228 g/mol. The minimum atomic E-state index is 0.752. The molecule has 0 amide bonds. The van der Waals surface area contributed by atoms with E-state index >= 15 is 0 Å². The zero-order valence-electron chi connectivity index (χ0n) is 11.5. The standard InChI is InChI=1S/C13H24N4O/c1-3-12-15-13(18-16-12)10-17(4-2)9-11-5-7-14-8-6-11/h11,14H,3-10H2,1-2H3. The molecule has 0 atom stereocenters. The molecule has 5 nitrogen and oxygen atoms in total. The Morgan fingerprint density at radius 1 is 1.33 bits per heavy atom. The van der Waals surface area contributed by atoms with E-state index < -0.39 is 0 Å². The van der Waals surface area contributed by atoms with E-state index in [9.17, 15) is 0 Å². The van der Waals surface area contributed by atoms with Crippen LogP contribution in [-0.2, 0) is 13.0 Å². The molecular formula is C13H24N4O. The second kappa shape index (κ2) is 6.85. The van der Waals surface area contributed by atoms with E-state index in [2.05, 4.69) is 27.3 Å². The Kier molecular flexibility index (Phi) is 5.13. The van der Waals surface area contributed by atoms with Gasteiger partial charge in [0.25, 0.3) is 0 Å². The summed E-state index contributed by atoms with van der Waals surface area (Å²) in [4.78, 5) is 6.78. The van der Waals surface area contributed by atoms with Crippen LogP contribution < -0.4 is 5.32 Å². The van der Waals surface area contributed by atoms with Crippen molar-refractivity contribution in [1.82, 2.24) is 20.4 Å². The topological polar surface area (TPSA) is 54.2 Å². The van der Waals surface area contributed by atoms with Gasteiger partial charge in [0.05, 0.1) is 6.54 Å². The zero-order valence-corrected chi connectivity index (χ0v) is 11.5. The molecule has 0 bridgehead atoms. The summed E-state index contributed by atoms with van der Waals surface area (Å²) in [7, 11) is 0. The Labute approximate surface area is 109 Å². The molecule has 1 aromatic rings. The van der Waals surface area contributed by atoms with Crippen molar-refractivity contribution in [3.8, 4) is 0 Å². The molecule has 102 valence electrons. The Balaban J connectivity index is 1.84. The van der Waals surface area contributed by atoms with Gasteiger partial charge in [-0.15, -0.1) is 0 Å². The van der Waals surface area contributed by atoms with Crippen LogP contribution >= 0.6 is 0 Å². The maximum Gasteiger partial charge on any atom is 0.240 e. The fraction of sp³-hybridized carbons (Fsp3) is 0.846. The molecule has 1 aliphatic rings. The van der Waals surface area contributed by atoms with Gasteiger partial charge in [0.1, 0.15) is 0 Å². The fourth-order valence-electron chi connectivity index (χ4n) is 2.42. The molecule has 2 heterocycles. The molecule has 0 radical (unpaired) electrons. The van der Waals surface area contributed by atoms with Gasteiger partial charge in [-0.1, -0.05) is 19.0 Å². The summed E-state index contributed by atoms with van der Waals surface area (Å²) in [6.07, 6.45) is 3.39. The number of hydrogen-bond donors (Lipinski definition) is 1. The van der Waals surface area contributed by atoms with E-state index in [4.69, 9.17) is 4.52 Å². The van der Waals surface area contributed by atoms with Gasteiger partial charge in [-0.3, -0.25) is 4.90 Å². The number of piperidine rings is 1. The van der Waals surface area contributed by atoms with Crippen LogP contribution in [0, 0.1) is 5.92 Å². The lowest BCUT2D eigenvalue weighted by Crippen LogP contribution is -2.36. The molecule has 2 rings (SSSR count). The monoisotopic (exact) mass is 252 g/mol. The zero-order chi connectivity index (χ0) is 12.8. The lowest BCUT2D eigenvalue weighted by molar-refractivity contribution is 0.185. The number of aromatic nitrogens is 2. The highest BCUT2D eigenvalue weighted by Crippen LogP contribution is 2.14. The van der Waals surface area contributed by atoms with E-state index in [1.807, 2.05) is 6.92 Å². The molecule has 5 heteroatoms. The maximum absolute atomic E-state index is 5.26. The highest BCUT2D eigenvalue weighted by molar-refractivity contribution is 4.86. The van der Waals surface area contributed by atoms with Crippen LogP contribution in [0.2, 0.25) is 0 Å². The summed E-state index contributed by atoms with van der Waals surface area (Å²) in [5.74, 6) is 2.37. The quantitative estimate of drug-likeness (QED) is 0.830. The van der Waals surface area contributed by atoms with Crippen LogP contribution in [0.15, 0.2) is 4.52 Å². The summed E-state index contributed by atoms with van der Waals surface area (Å²) in [5.41, 5.74) is 0. The van der Waals surface area contributed by atoms with E-state index in [1.165, 1.54) is 12.8 Å². The predicted octanol–water partition coefficient (Wildman–Crippen LogP) is 1.45. The van der Waals surface area contributed by atoms with Crippen LogP contribution in [0.1, 0.15) is 38.4 Å². The minimum Gasteiger partial charge on any atom is -0.338 e. The molecule has 18 heavy (non-hydrogen) atoms. The van der Waals surface area contributed by atoms with E-state index in [0.29, 0.717) is 0 Å². The maximum atomic E-state index is 5.26. The van der Waals surface area contributed by atoms with Crippen molar-refractivity contribution in [3.05, 3.63) is 11.7 Å². The summed E-state index contributed by atoms with van der Waals surface area (Å²) in [6.45, 7) is 9.51. The Morgan fingerprint density at radius 3 is 2.72 bits per heavy atom. The number of aryl methyl sites for hydroxylation is 1. The molecule has 1 fully saturated rings. The van der Waals surface area contributed by atoms with Crippen LogP contribution in [0.25, 0.3) is 0 Å². The molecule has 0 spiro atoms. The number of rotatable bonds is 6. The third-order valence-electron chi connectivity index (χ3n) is 3.61. The fourth-order valence-corrected chi connectivity index (χ4v) is 2.42. The molecule has 0 unspecified atom stereocenters. The molecule has 0 aliphatic carbocycles. The molecule has 1 aromatic heterocycles. The third-order valence-corrected chi connectivity index (χ3v) is 3.61. The lowest BCUT2D eigenvalue weighted by Gasteiger charge is -2.28. The van der Waals surface area contributed by atoms with Crippen molar-refractivity contribution in [1.29, 1.82) is 0 Å². The van der Waals surface area contributed by atoms with Crippen molar-refractivity contribution in [2.24, 2.45) is 5.92 Å². The SMILES string of the molecule is CCc1noc(CN(CC)CC2CCNCC2)n1. The Morgan fingerprint density at radius 2 is 2.11 bits per heavy atom. The van der Waals surface area contributed by atoms with E-state index in [-0.39, 0.29) is 0 Å². The molecule has 1 N–H and O–H groups in total. The first-order valence-electron chi connectivity index (χ1n) is 7.06. The largest absolute Gasteiger partial charge is 0.338 e. The van der Waals surface area contributed by atoms with E-state index in [0.717, 1.165) is 56.8 Å². The molecule has 1 saturated heterocycles. The van der Waals surface area contributed by atoms with Crippen LogP contribution in [0.5, 0.6) is 0 Å². The second-order valence-electron chi connectivity index (χ2n) is 4.98. The van der Waals surface area contributed by atoms with Gasteiger partial charge in [0.2, 0.25) is 5.89 Å². The highest BCUT2D eigenvalue weighted by Gasteiger charge is 2.18. The van der Waals surface area contributed by atoms with Crippen molar-refractivity contribution >= 4 is 0 Å². The van der Waals surface area contributed by atoms with Gasteiger partial charge >= 0.3 is 0 Å². The van der Waals surface area contributed by atoms with Gasteiger partial charge in [-0.05, 0) is 38.4 Å². The summed E-state index contributed by atoms with van der Waals surface area (Å²) in [5, 5.41) is 7.35. The Hall–Kier alpha value is -0.940. The van der Waals surface area contributed by atoms with Crippen LogP contribution in [-0.4, -0.2) is 41.2 Å². The highest BCUT2D eigenvalue weighted by atomic mass is 16.5. The number of hydrogen-bond acceptors (Lipinski definition) is 5. The summed E-state index contributed by atoms with van der Waals surface area (Å²) < 4.78 is 5.26. The average Bonchev–Trinajstić information content (AvgIpc) is 2.87. The lowest BCUT2D eigenvalue weighted by atomic mass is 9.97. The number of nitrogens with zero attached hydrogens (tertiary/aromatic N) is 3. The van der Waals surface area contributed by atoms with Gasteiger partial charge in [0.15, 0.2) is 5.82 Å². The third kappa shape index (κ3) is 3.78. The van der Waals surface area contributed by atoms with Gasteiger partial charge in [-0.2, -0.15) is 4.98 Å². The Bertz CT molecular complexity index is 347. The van der Waals surface area contributed by atoms with Crippen molar-refractivity contribution < 1.29 is 4.52 Å². The van der Waals surface area contributed by atoms with Gasteiger partial charge in [0, 0.05) is 13.0 Å². The summed E-state index contributed by atoms with van der Waals surface area (Å²) in [6, 6.07) is 0. The van der Waals surface area contributed by atoms with Crippen molar-refractivity contribution in [2.45, 2.75) is 39.7 Å². The van der Waals surface area contributed by atoms with Crippen molar-refractivity contribution in [2.75, 3.05) is 26.2 Å². The first-order valence-corrected chi connectivity index (χ1v) is 7.06. The number of nitrogens with one attached hydrogen (secondary N) is 1. The predicted molar refractivity (Wildman–Crippen MR) is 70.2 cm³/mol.